The van der Waals surface area contributed by atoms with E-state index in [1.165, 1.54) is 0 Å². The largest absolute Gasteiger partial charge is 0.361 e. The van der Waals surface area contributed by atoms with Crippen molar-refractivity contribution in [2.24, 2.45) is 0 Å². The standard InChI is InChI=1S/C18H14N4O/c19-10-15(18(23)22-12-13-3-2-7-20-11-13)9-14-4-1-5-17-16(14)6-8-21-17/h1-9,11,21H,12H2,(H,22,23). The lowest BCUT2D eigenvalue weighted by atomic mass is 10.1. The quantitative estimate of drug-likeness (QED) is 0.574. The predicted molar refractivity (Wildman–Crippen MR) is 88.0 cm³/mol. The number of aromatic amines is 1. The monoisotopic (exact) mass is 302 g/mol. The van der Waals surface area contributed by atoms with Crippen LogP contribution in [0.25, 0.3) is 17.0 Å². The molecule has 0 saturated heterocycles. The molecule has 5 nitrogen and oxygen atoms in total. The summed E-state index contributed by atoms with van der Waals surface area (Å²) in [5, 5.41) is 13.0. The van der Waals surface area contributed by atoms with Crippen molar-refractivity contribution in [2.75, 3.05) is 0 Å². The fraction of sp³-hybridized carbons (Fsp3) is 0.0556. The highest BCUT2D eigenvalue weighted by molar-refractivity contribution is 6.03. The number of nitrogens with zero attached hydrogens (tertiary/aromatic N) is 2. The van der Waals surface area contributed by atoms with Crippen molar-refractivity contribution in [3.63, 3.8) is 0 Å². The number of aromatic nitrogens is 2. The van der Waals surface area contributed by atoms with Crippen LogP contribution in [0.2, 0.25) is 0 Å². The maximum Gasteiger partial charge on any atom is 0.262 e. The minimum absolute atomic E-state index is 0.0718. The molecule has 0 aliphatic carbocycles. The Morgan fingerprint density at radius 2 is 2.22 bits per heavy atom. The van der Waals surface area contributed by atoms with Crippen molar-refractivity contribution in [1.29, 1.82) is 5.26 Å². The Bertz CT molecular complexity index is 903. The molecule has 0 bridgehead atoms. The molecular weight excluding hydrogens is 288 g/mol. The van der Waals surface area contributed by atoms with Crippen LogP contribution in [-0.4, -0.2) is 15.9 Å². The number of nitriles is 1. The third-order valence-electron chi connectivity index (χ3n) is 3.47. The molecule has 0 saturated carbocycles. The summed E-state index contributed by atoms with van der Waals surface area (Å²) in [5.74, 6) is -0.399. The molecule has 0 unspecified atom stereocenters. The van der Waals surface area contributed by atoms with Gasteiger partial charge in [-0.2, -0.15) is 5.26 Å². The van der Waals surface area contributed by atoms with Crippen LogP contribution in [0.15, 0.2) is 60.6 Å². The van der Waals surface area contributed by atoms with Gasteiger partial charge in [-0.05, 0) is 35.4 Å². The van der Waals surface area contributed by atoms with E-state index < -0.39 is 5.91 Å². The van der Waals surface area contributed by atoms with Crippen LogP contribution < -0.4 is 5.32 Å². The molecule has 2 aromatic heterocycles. The topological polar surface area (TPSA) is 81.6 Å². The number of H-pyrrole nitrogens is 1. The van der Waals surface area contributed by atoms with Gasteiger partial charge in [0.05, 0.1) is 0 Å². The van der Waals surface area contributed by atoms with Crippen molar-refractivity contribution in [2.45, 2.75) is 6.54 Å². The SMILES string of the molecule is N#CC(=Cc1cccc2[nH]ccc12)C(=O)NCc1cccnc1. The maximum atomic E-state index is 12.2. The second-order valence-corrected chi connectivity index (χ2v) is 5.00. The summed E-state index contributed by atoms with van der Waals surface area (Å²) in [7, 11) is 0. The van der Waals surface area contributed by atoms with E-state index in [9.17, 15) is 10.1 Å². The molecule has 5 heteroatoms. The van der Waals surface area contributed by atoms with E-state index in [1.807, 2.05) is 42.6 Å². The summed E-state index contributed by atoms with van der Waals surface area (Å²) in [5.41, 5.74) is 2.75. The zero-order chi connectivity index (χ0) is 16.1. The molecule has 2 N–H and O–H groups in total. The van der Waals surface area contributed by atoms with Crippen LogP contribution in [0.3, 0.4) is 0 Å². The minimum Gasteiger partial charge on any atom is -0.361 e. The maximum absolute atomic E-state index is 12.2. The molecule has 1 aromatic carbocycles. The van der Waals surface area contributed by atoms with Gasteiger partial charge in [0.1, 0.15) is 11.6 Å². The number of carbonyl (C=O) groups is 1. The second kappa shape index (κ2) is 6.58. The second-order valence-electron chi connectivity index (χ2n) is 5.00. The molecule has 0 aliphatic rings. The molecule has 2 heterocycles. The number of hydrogen-bond acceptors (Lipinski definition) is 3. The van der Waals surface area contributed by atoms with Crippen LogP contribution >= 0.6 is 0 Å². The molecule has 23 heavy (non-hydrogen) atoms. The van der Waals surface area contributed by atoms with Crippen LogP contribution in [0, 0.1) is 11.3 Å². The van der Waals surface area contributed by atoms with Crippen molar-refractivity contribution in [3.8, 4) is 6.07 Å². The summed E-state index contributed by atoms with van der Waals surface area (Å²) in [4.78, 5) is 19.3. The normalized spacial score (nSPS) is 11.2. The molecule has 3 aromatic rings. The van der Waals surface area contributed by atoms with Gasteiger partial charge in [-0.1, -0.05) is 18.2 Å². The number of carbonyl (C=O) groups excluding carboxylic acids is 1. The van der Waals surface area contributed by atoms with Gasteiger partial charge in [-0.25, -0.2) is 0 Å². The van der Waals surface area contributed by atoms with E-state index >= 15 is 0 Å². The number of pyridine rings is 1. The Kier molecular flexibility index (Phi) is 4.16. The fourth-order valence-electron chi connectivity index (χ4n) is 2.32. The van der Waals surface area contributed by atoms with Crippen molar-refractivity contribution >= 4 is 22.9 Å². The highest BCUT2D eigenvalue weighted by atomic mass is 16.1. The highest BCUT2D eigenvalue weighted by Gasteiger charge is 2.10. The van der Waals surface area contributed by atoms with Gasteiger partial charge in [0.15, 0.2) is 0 Å². The Balaban J connectivity index is 1.80. The van der Waals surface area contributed by atoms with Crippen molar-refractivity contribution < 1.29 is 4.79 Å². The molecular formula is C18H14N4O. The van der Waals surface area contributed by atoms with Crippen molar-refractivity contribution in [1.82, 2.24) is 15.3 Å². The lowest BCUT2D eigenvalue weighted by Crippen LogP contribution is -2.24. The Morgan fingerprint density at radius 1 is 1.30 bits per heavy atom. The number of rotatable bonds is 4. The average molecular weight is 302 g/mol. The third kappa shape index (κ3) is 3.27. The van der Waals surface area contributed by atoms with Gasteiger partial charge in [0.25, 0.3) is 5.91 Å². The lowest BCUT2D eigenvalue weighted by molar-refractivity contribution is -0.117. The summed E-state index contributed by atoms with van der Waals surface area (Å²) in [6, 6.07) is 13.3. The molecule has 112 valence electrons. The van der Waals surface area contributed by atoms with Gasteiger partial charge in [0.2, 0.25) is 0 Å². The van der Waals surface area contributed by atoms with Crippen LogP contribution in [0.1, 0.15) is 11.1 Å². The van der Waals surface area contributed by atoms with Gasteiger partial charge in [-0.15, -0.1) is 0 Å². The molecule has 0 radical (unpaired) electrons. The van der Waals surface area contributed by atoms with Gasteiger partial charge in [-0.3, -0.25) is 9.78 Å². The van der Waals surface area contributed by atoms with E-state index in [1.54, 1.807) is 24.5 Å². The molecule has 0 fully saturated rings. The fourth-order valence-corrected chi connectivity index (χ4v) is 2.32. The summed E-state index contributed by atoms with van der Waals surface area (Å²) < 4.78 is 0. The third-order valence-corrected chi connectivity index (χ3v) is 3.47. The first-order valence-electron chi connectivity index (χ1n) is 7.13. The summed E-state index contributed by atoms with van der Waals surface area (Å²) >= 11 is 0. The molecule has 0 spiro atoms. The zero-order valence-corrected chi connectivity index (χ0v) is 12.3. The predicted octanol–water partition coefficient (Wildman–Crippen LogP) is 2.79. The first kappa shape index (κ1) is 14.5. The van der Waals surface area contributed by atoms with Crippen LogP contribution in [0.5, 0.6) is 0 Å². The number of nitrogens with one attached hydrogen (secondary N) is 2. The number of hydrogen-bond donors (Lipinski definition) is 2. The molecule has 0 atom stereocenters. The van der Waals surface area contributed by atoms with Crippen LogP contribution in [-0.2, 0) is 11.3 Å². The first-order chi connectivity index (χ1) is 11.3. The molecule has 0 aliphatic heterocycles. The Hall–Kier alpha value is -3.39. The van der Waals surface area contributed by atoms with E-state index in [0.29, 0.717) is 6.54 Å². The average Bonchev–Trinajstić information content (AvgIpc) is 3.08. The van der Waals surface area contributed by atoms with Gasteiger partial charge >= 0.3 is 0 Å². The first-order valence-corrected chi connectivity index (χ1v) is 7.13. The smallest absolute Gasteiger partial charge is 0.262 e. The van der Waals surface area contributed by atoms with E-state index in [0.717, 1.165) is 22.0 Å². The van der Waals surface area contributed by atoms with E-state index in [-0.39, 0.29) is 5.57 Å². The molecule has 1 amide bonds. The molecule has 3 rings (SSSR count). The lowest BCUT2D eigenvalue weighted by Gasteiger charge is -2.04. The number of fused-ring (bicyclic) bond motifs is 1. The zero-order valence-electron chi connectivity index (χ0n) is 12.3. The number of amides is 1. The highest BCUT2D eigenvalue weighted by Crippen LogP contribution is 2.20. The van der Waals surface area contributed by atoms with Gasteiger partial charge < -0.3 is 10.3 Å². The van der Waals surface area contributed by atoms with Crippen LogP contribution in [0.4, 0.5) is 0 Å². The summed E-state index contributed by atoms with van der Waals surface area (Å²) in [6.45, 7) is 0.333. The number of benzene rings is 1. The Morgan fingerprint density at radius 3 is 3.00 bits per heavy atom. The van der Waals surface area contributed by atoms with E-state index in [4.69, 9.17) is 0 Å². The minimum atomic E-state index is -0.399. The van der Waals surface area contributed by atoms with E-state index in [2.05, 4.69) is 15.3 Å². The summed E-state index contributed by atoms with van der Waals surface area (Å²) in [6.07, 6.45) is 6.78. The Labute approximate surface area is 133 Å². The van der Waals surface area contributed by atoms with Crippen molar-refractivity contribution in [3.05, 3.63) is 71.7 Å². The van der Waals surface area contributed by atoms with Gasteiger partial charge in [0, 0.05) is 36.0 Å².